The second-order valence-corrected chi connectivity index (χ2v) is 7.30. The van der Waals surface area contributed by atoms with Crippen LogP contribution in [-0.4, -0.2) is 25.4 Å². The fourth-order valence-corrected chi connectivity index (χ4v) is 3.56. The molecule has 0 aliphatic rings. The molecule has 156 valence electrons. The number of fused-ring (bicyclic) bond motifs is 1. The monoisotopic (exact) mass is 420 g/mol. The van der Waals surface area contributed by atoms with Gasteiger partial charge in [-0.2, -0.15) is 0 Å². The number of nitrogens with one attached hydrogen (secondary N) is 2. The first-order valence-corrected chi connectivity index (χ1v) is 10.2. The zero-order valence-corrected chi connectivity index (χ0v) is 17.1. The Morgan fingerprint density at radius 3 is 2.56 bits per heavy atom. The van der Waals surface area contributed by atoms with Gasteiger partial charge >= 0.3 is 0 Å². The van der Waals surface area contributed by atoms with Crippen LogP contribution in [0.2, 0.25) is 0 Å². The molecule has 0 saturated heterocycles. The molecule has 0 atom stereocenters. The second-order valence-electron chi connectivity index (χ2n) is 7.30. The largest absolute Gasteiger partial charge is 0.340 e. The van der Waals surface area contributed by atoms with Crippen molar-refractivity contribution < 1.29 is 4.79 Å². The number of nitrogens with zero attached hydrogens (tertiary/aromatic N) is 4. The molecule has 0 aliphatic carbocycles. The molecule has 0 unspecified atom stereocenters. The van der Waals surface area contributed by atoms with E-state index in [1.807, 2.05) is 66.9 Å². The van der Waals surface area contributed by atoms with Gasteiger partial charge in [-0.25, -0.2) is 15.0 Å². The van der Waals surface area contributed by atoms with E-state index in [-0.39, 0.29) is 5.91 Å². The number of aromatic nitrogens is 4. The fourth-order valence-electron chi connectivity index (χ4n) is 3.56. The highest BCUT2D eigenvalue weighted by Gasteiger charge is 2.08. The molecule has 3 aromatic carbocycles. The third kappa shape index (κ3) is 4.32. The molecule has 2 heterocycles. The molecular weight excluding hydrogens is 400 g/mol. The van der Waals surface area contributed by atoms with Crippen LogP contribution in [0.5, 0.6) is 0 Å². The number of amides is 1. The van der Waals surface area contributed by atoms with Crippen LogP contribution in [0.3, 0.4) is 0 Å². The van der Waals surface area contributed by atoms with Crippen LogP contribution in [0.25, 0.3) is 16.6 Å². The van der Waals surface area contributed by atoms with Gasteiger partial charge in [-0.05, 0) is 40.6 Å². The molecular formula is C25H20N6O. The Morgan fingerprint density at radius 1 is 0.906 bits per heavy atom. The molecule has 2 N–H and O–H groups in total. The normalized spacial score (nSPS) is 10.8. The lowest BCUT2D eigenvalue weighted by Crippen LogP contribution is -2.14. The fraction of sp³-hybridized carbons (Fsp3) is 0.0400. The number of imidazole rings is 1. The number of hydrogen-bond acceptors (Lipinski definition) is 5. The van der Waals surface area contributed by atoms with Crippen molar-refractivity contribution in [3.05, 3.63) is 103 Å². The van der Waals surface area contributed by atoms with E-state index in [1.54, 1.807) is 17.1 Å². The van der Waals surface area contributed by atoms with E-state index < -0.39 is 0 Å². The maximum absolute atomic E-state index is 12.6. The van der Waals surface area contributed by atoms with Crippen LogP contribution >= 0.6 is 0 Å². The Hall–Kier alpha value is -4.52. The van der Waals surface area contributed by atoms with Gasteiger partial charge in [0, 0.05) is 29.8 Å². The van der Waals surface area contributed by atoms with Crippen molar-refractivity contribution in [3.8, 4) is 5.82 Å². The standard InChI is InChI=1S/C25H20N6O/c32-25(14-19-6-3-5-18-4-1-2-7-22(18)19)30-21-10-8-20(9-11-21)29-23-15-24(28-16-27-23)31-13-12-26-17-31/h1-13,15-17H,14H2,(H,30,32)(H,27,28,29). The Kier molecular flexibility index (Phi) is 5.28. The molecule has 0 bridgehead atoms. The van der Waals surface area contributed by atoms with E-state index >= 15 is 0 Å². The Labute approximate surface area is 184 Å². The van der Waals surface area contributed by atoms with Gasteiger partial charge in [0.1, 0.15) is 24.3 Å². The lowest BCUT2D eigenvalue weighted by Gasteiger charge is -2.10. The predicted octanol–water partition coefficient (Wildman–Crippen LogP) is 4.74. The highest BCUT2D eigenvalue weighted by molar-refractivity contribution is 5.96. The van der Waals surface area contributed by atoms with Gasteiger partial charge in [0.05, 0.1) is 6.42 Å². The van der Waals surface area contributed by atoms with Crippen molar-refractivity contribution >= 4 is 33.9 Å². The van der Waals surface area contributed by atoms with E-state index in [0.717, 1.165) is 33.5 Å². The van der Waals surface area contributed by atoms with Gasteiger partial charge in [-0.15, -0.1) is 0 Å². The molecule has 5 aromatic rings. The minimum absolute atomic E-state index is 0.0529. The van der Waals surface area contributed by atoms with Crippen LogP contribution in [0.15, 0.2) is 97.8 Å². The van der Waals surface area contributed by atoms with E-state index in [0.29, 0.717) is 12.2 Å². The molecule has 0 radical (unpaired) electrons. The number of anilines is 3. The highest BCUT2D eigenvalue weighted by Crippen LogP contribution is 2.21. The van der Waals surface area contributed by atoms with Gasteiger partial charge < -0.3 is 10.6 Å². The molecule has 0 spiro atoms. The number of carbonyl (C=O) groups excluding carboxylic acids is 1. The maximum Gasteiger partial charge on any atom is 0.228 e. The summed E-state index contributed by atoms with van der Waals surface area (Å²) in [6.07, 6.45) is 7.02. The summed E-state index contributed by atoms with van der Waals surface area (Å²) < 4.78 is 1.81. The van der Waals surface area contributed by atoms with Crippen LogP contribution in [0.4, 0.5) is 17.2 Å². The van der Waals surface area contributed by atoms with E-state index in [1.165, 1.54) is 6.33 Å². The summed E-state index contributed by atoms with van der Waals surface area (Å²) in [7, 11) is 0. The summed E-state index contributed by atoms with van der Waals surface area (Å²) >= 11 is 0. The molecule has 32 heavy (non-hydrogen) atoms. The zero-order valence-electron chi connectivity index (χ0n) is 17.1. The van der Waals surface area contributed by atoms with Crippen molar-refractivity contribution in [2.24, 2.45) is 0 Å². The third-order valence-electron chi connectivity index (χ3n) is 5.09. The SMILES string of the molecule is O=C(Cc1cccc2ccccc12)Nc1ccc(Nc2cc(-n3ccnc3)ncn2)cc1. The second kappa shape index (κ2) is 8.69. The van der Waals surface area contributed by atoms with Crippen LogP contribution in [0, 0.1) is 0 Å². The summed E-state index contributed by atoms with van der Waals surface area (Å²) in [6.45, 7) is 0. The van der Waals surface area contributed by atoms with Crippen molar-refractivity contribution in [2.45, 2.75) is 6.42 Å². The topological polar surface area (TPSA) is 84.7 Å². The van der Waals surface area contributed by atoms with Crippen LogP contribution in [-0.2, 0) is 11.2 Å². The highest BCUT2D eigenvalue weighted by atomic mass is 16.1. The maximum atomic E-state index is 12.6. The summed E-state index contributed by atoms with van der Waals surface area (Å²) in [5.41, 5.74) is 2.60. The minimum Gasteiger partial charge on any atom is -0.340 e. The average Bonchev–Trinajstić information content (AvgIpc) is 3.36. The van der Waals surface area contributed by atoms with E-state index in [4.69, 9.17) is 0 Å². The Balaban J connectivity index is 1.24. The molecule has 5 rings (SSSR count). The van der Waals surface area contributed by atoms with Crippen molar-refractivity contribution in [1.29, 1.82) is 0 Å². The number of hydrogen-bond donors (Lipinski definition) is 2. The van der Waals surface area contributed by atoms with Gasteiger partial charge in [-0.1, -0.05) is 42.5 Å². The lowest BCUT2D eigenvalue weighted by molar-refractivity contribution is -0.115. The summed E-state index contributed by atoms with van der Waals surface area (Å²) in [5, 5.41) is 8.46. The van der Waals surface area contributed by atoms with Crippen LogP contribution < -0.4 is 10.6 Å². The van der Waals surface area contributed by atoms with Gasteiger partial charge in [0.15, 0.2) is 0 Å². The first-order chi connectivity index (χ1) is 15.7. The average molecular weight is 420 g/mol. The first-order valence-electron chi connectivity index (χ1n) is 10.2. The summed E-state index contributed by atoms with van der Waals surface area (Å²) in [6, 6.07) is 23.5. The van der Waals surface area contributed by atoms with Gasteiger partial charge in [-0.3, -0.25) is 9.36 Å². The van der Waals surface area contributed by atoms with Crippen molar-refractivity contribution in [3.63, 3.8) is 0 Å². The zero-order chi connectivity index (χ0) is 21.8. The van der Waals surface area contributed by atoms with Gasteiger partial charge in [0.25, 0.3) is 0 Å². The molecule has 2 aromatic heterocycles. The molecule has 7 nitrogen and oxygen atoms in total. The predicted molar refractivity (Wildman–Crippen MR) is 125 cm³/mol. The smallest absolute Gasteiger partial charge is 0.228 e. The Morgan fingerprint density at radius 2 is 1.72 bits per heavy atom. The van der Waals surface area contributed by atoms with Crippen molar-refractivity contribution in [2.75, 3.05) is 10.6 Å². The summed E-state index contributed by atoms with van der Waals surface area (Å²) in [5.74, 6) is 1.33. The molecule has 7 heteroatoms. The Bertz CT molecular complexity index is 1360. The summed E-state index contributed by atoms with van der Waals surface area (Å²) in [4.78, 5) is 25.1. The first kappa shape index (κ1) is 19.4. The number of carbonyl (C=O) groups is 1. The number of rotatable bonds is 6. The molecule has 0 saturated carbocycles. The van der Waals surface area contributed by atoms with Crippen LogP contribution in [0.1, 0.15) is 5.56 Å². The van der Waals surface area contributed by atoms with E-state index in [9.17, 15) is 4.79 Å². The lowest BCUT2D eigenvalue weighted by atomic mass is 10.0. The molecule has 0 aliphatic heterocycles. The molecule has 1 amide bonds. The molecule has 0 fully saturated rings. The quantitative estimate of drug-likeness (QED) is 0.414. The number of benzene rings is 3. The van der Waals surface area contributed by atoms with Gasteiger partial charge in [0.2, 0.25) is 5.91 Å². The minimum atomic E-state index is -0.0529. The third-order valence-corrected chi connectivity index (χ3v) is 5.09. The van der Waals surface area contributed by atoms with Crippen molar-refractivity contribution in [1.82, 2.24) is 19.5 Å². The van der Waals surface area contributed by atoms with E-state index in [2.05, 4.69) is 37.7 Å².